The number of hydrogen-bond acceptors (Lipinski definition) is 7. The van der Waals surface area contributed by atoms with Gasteiger partial charge in [0.1, 0.15) is 0 Å². The number of carbonyl (C=O) groups is 1. The van der Waals surface area contributed by atoms with E-state index in [9.17, 15) is 19.7 Å². The van der Waals surface area contributed by atoms with Crippen molar-refractivity contribution >= 4 is 23.2 Å². The van der Waals surface area contributed by atoms with E-state index in [-0.39, 0.29) is 30.0 Å². The maximum absolute atomic E-state index is 12.5. The Bertz CT molecular complexity index is 981. The number of nitro groups is 1. The van der Waals surface area contributed by atoms with Crippen LogP contribution in [0.2, 0.25) is 0 Å². The maximum Gasteiger partial charge on any atom is 0.274 e. The summed E-state index contributed by atoms with van der Waals surface area (Å²) in [6.45, 7) is 5.87. The standard InChI is InChI=1S/C19H23N5O5/c1-12-3-4-14(11-16(12)24(27)28)21-17(25)6-5-15-13(2)20-19(22-18(15)26)23-7-9-29-10-8-23/h3-4,11H,5-10H2,1-2H3,(H,21,25)(H,20,22,26). The van der Waals surface area contributed by atoms with E-state index in [1.54, 1.807) is 26.0 Å². The second-order valence-electron chi connectivity index (χ2n) is 6.86. The Morgan fingerprint density at radius 1 is 1.34 bits per heavy atom. The van der Waals surface area contributed by atoms with Crippen molar-refractivity contribution in [3.8, 4) is 0 Å². The van der Waals surface area contributed by atoms with E-state index >= 15 is 0 Å². The molecule has 0 atom stereocenters. The average molecular weight is 401 g/mol. The van der Waals surface area contributed by atoms with Crippen molar-refractivity contribution in [1.82, 2.24) is 9.97 Å². The van der Waals surface area contributed by atoms with Crippen molar-refractivity contribution in [3.05, 3.63) is 55.5 Å². The maximum atomic E-state index is 12.5. The predicted octanol–water partition coefficient (Wildman–Crippen LogP) is 1.70. The topological polar surface area (TPSA) is 130 Å². The highest BCUT2D eigenvalue weighted by molar-refractivity contribution is 5.91. The van der Waals surface area contributed by atoms with Crippen molar-refractivity contribution in [2.24, 2.45) is 0 Å². The summed E-state index contributed by atoms with van der Waals surface area (Å²) < 4.78 is 5.30. The minimum atomic E-state index is -0.490. The molecule has 3 rings (SSSR count). The van der Waals surface area contributed by atoms with Crippen molar-refractivity contribution in [2.75, 3.05) is 36.5 Å². The summed E-state index contributed by atoms with van der Waals surface area (Å²) in [5.74, 6) is 0.176. The van der Waals surface area contributed by atoms with Crippen molar-refractivity contribution in [3.63, 3.8) is 0 Å². The van der Waals surface area contributed by atoms with Crippen molar-refractivity contribution in [1.29, 1.82) is 0 Å². The van der Waals surface area contributed by atoms with Gasteiger partial charge in [-0.1, -0.05) is 6.07 Å². The van der Waals surface area contributed by atoms with Gasteiger partial charge in [0.2, 0.25) is 11.9 Å². The molecule has 10 nitrogen and oxygen atoms in total. The molecule has 1 fully saturated rings. The molecule has 0 unspecified atom stereocenters. The zero-order chi connectivity index (χ0) is 21.0. The lowest BCUT2D eigenvalue weighted by Crippen LogP contribution is -2.38. The number of nitro benzene ring substituents is 1. The molecule has 1 amide bonds. The van der Waals surface area contributed by atoms with Gasteiger partial charge in [-0.2, -0.15) is 0 Å². The van der Waals surface area contributed by atoms with Crippen LogP contribution in [0.25, 0.3) is 0 Å². The molecule has 1 aliphatic rings. The van der Waals surface area contributed by atoms with Crippen LogP contribution >= 0.6 is 0 Å². The molecule has 1 aliphatic heterocycles. The first-order valence-corrected chi connectivity index (χ1v) is 9.32. The second-order valence-corrected chi connectivity index (χ2v) is 6.86. The SMILES string of the molecule is Cc1ccc(NC(=O)CCc2c(C)nc(N3CCOCC3)[nH]c2=O)cc1[N+](=O)[O-]. The number of nitrogens with one attached hydrogen (secondary N) is 2. The summed E-state index contributed by atoms with van der Waals surface area (Å²) in [7, 11) is 0. The molecule has 0 saturated carbocycles. The lowest BCUT2D eigenvalue weighted by Gasteiger charge is -2.27. The minimum Gasteiger partial charge on any atom is -0.378 e. The molecule has 0 spiro atoms. The molecule has 154 valence electrons. The first-order valence-electron chi connectivity index (χ1n) is 9.32. The summed E-state index contributed by atoms with van der Waals surface area (Å²) in [6, 6.07) is 4.51. The molecule has 1 saturated heterocycles. The number of nitrogens with zero attached hydrogens (tertiary/aromatic N) is 3. The quantitative estimate of drug-likeness (QED) is 0.556. The van der Waals surface area contributed by atoms with Gasteiger partial charge in [-0.15, -0.1) is 0 Å². The fourth-order valence-corrected chi connectivity index (χ4v) is 3.16. The van der Waals surface area contributed by atoms with Crippen molar-refractivity contribution < 1.29 is 14.5 Å². The van der Waals surface area contributed by atoms with Gasteiger partial charge in [0.25, 0.3) is 11.2 Å². The summed E-state index contributed by atoms with van der Waals surface area (Å²) in [5.41, 5.74) is 1.57. The third-order valence-corrected chi connectivity index (χ3v) is 4.81. The van der Waals surface area contributed by atoms with E-state index in [0.717, 1.165) is 0 Å². The van der Waals surface area contributed by atoms with Crippen LogP contribution in [0.3, 0.4) is 0 Å². The Kier molecular flexibility index (Phi) is 6.23. The molecule has 29 heavy (non-hydrogen) atoms. The first kappa shape index (κ1) is 20.5. The molecule has 2 heterocycles. The predicted molar refractivity (Wildman–Crippen MR) is 107 cm³/mol. The van der Waals surface area contributed by atoms with Crippen LogP contribution in [-0.2, 0) is 16.0 Å². The van der Waals surface area contributed by atoms with E-state index in [1.807, 2.05) is 4.90 Å². The largest absolute Gasteiger partial charge is 0.378 e. The molecule has 2 N–H and O–H groups in total. The number of hydrogen-bond donors (Lipinski definition) is 2. The van der Waals surface area contributed by atoms with Crippen molar-refractivity contribution in [2.45, 2.75) is 26.7 Å². The number of anilines is 2. The van der Waals surface area contributed by atoms with Crippen LogP contribution in [0, 0.1) is 24.0 Å². The Morgan fingerprint density at radius 3 is 2.72 bits per heavy atom. The van der Waals surface area contributed by atoms with E-state index < -0.39 is 4.92 Å². The molecule has 0 radical (unpaired) electrons. The van der Waals surface area contributed by atoms with Gasteiger partial charge >= 0.3 is 0 Å². The van der Waals surface area contributed by atoms with Gasteiger partial charge in [-0.3, -0.25) is 24.7 Å². The van der Waals surface area contributed by atoms with Crippen LogP contribution in [0.4, 0.5) is 17.3 Å². The minimum absolute atomic E-state index is 0.0574. The number of benzene rings is 1. The van der Waals surface area contributed by atoms with Crippen LogP contribution in [0.1, 0.15) is 23.2 Å². The Labute approximate surface area is 167 Å². The third-order valence-electron chi connectivity index (χ3n) is 4.81. The van der Waals surface area contributed by atoms with Crippen LogP contribution < -0.4 is 15.8 Å². The average Bonchev–Trinajstić information content (AvgIpc) is 2.69. The molecular formula is C19H23N5O5. The van der Waals surface area contributed by atoms with Gasteiger partial charge in [-0.05, 0) is 26.3 Å². The van der Waals surface area contributed by atoms with Crippen LogP contribution in [0.15, 0.2) is 23.0 Å². The fourth-order valence-electron chi connectivity index (χ4n) is 3.16. The summed E-state index contributed by atoms with van der Waals surface area (Å²) in [4.78, 5) is 44.5. The normalized spacial score (nSPS) is 13.9. The zero-order valence-corrected chi connectivity index (χ0v) is 16.4. The molecule has 0 bridgehead atoms. The van der Waals surface area contributed by atoms with E-state index in [0.29, 0.717) is 54.8 Å². The molecule has 10 heteroatoms. The number of aromatic amines is 1. The zero-order valence-electron chi connectivity index (χ0n) is 16.4. The van der Waals surface area contributed by atoms with Gasteiger partial charge in [0.05, 0.1) is 18.1 Å². The lowest BCUT2D eigenvalue weighted by molar-refractivity contribution is -0.385. The van der Waals surface area contributed by atoms with E-state index in [2.05, 4.69) is 15.3 Å². The number of aromatic nitrogens is 2. The molecule has 0 aliphatic carbocycles. The van der Waals surface area contributed by atoms with Crippen LogP contribution in [0.5, 0.6) is 0 Å². The first-order chi connectivity index (χ1) is 13.8. The van der Waals surface area contributed by atoms with E-state index in [1.165, 1.54) is 6.07 Å². The Hall–Kier alpha value is -3.27. The number of morpholine rings is 1. The lowest BCUT2D eigenvalue weighted by atomic mass is 10.1. The highest BCUT2D eigenvalue weighted by Crippen LogP contribution is 2.22. The van der Waals surface area contributed by atoms with Gasteiger partial charge in [0, 0.05) is 48.1 Å². The number of H-pyrrole nitrogens is 1. The third kappa shape index (κ3) is 4.96. The number of amides is 1. The number of aryl methyl sites for hydroxylation is 2. The fraction of sp³-hybridized carbons (Fsp3) is 0.421. The van der Waals surface area contributed by atoms with Gasteiger partial charge < -0.3 is 15.0 Å². The molecule has 1 aromatic carbocycles. The van der Waals surface area contributed by atoms with Gasteiger partial charge in [-0.25, -0.2) is 4.98 Å². The van der Waals surface area contributed by atoms with E-state index in [4.69, 9.17) is 4.74 Å². The molecular weight excluding hydrogens is 378 g/mol. The Morgan fingerprint density at radius 2 is 2.07 bits per heavy atom. The van der Waals surface area contributed by atoms with Gasteiger partial charge in [0.15, 0.2) is 0 Å². The highest BCUT2D eigenvalue weighted by Gasteiger charge is 2.17. The Balaban J connectivity index is 1.65. The number of ether oxygens (including phenoxy) is 1. The second kappa shape index (κ2) is 8.82. The highest BCUT2D eigenvalue weighted by atomic mass is 16.6. The number of carbonyl (C=O) groups excluding carboxylic acids is 1. The molecule has 2 aromatic rings. The molecule has 1 aromatic heterocycles. The smallest absolute Gasteiger partial charge is 0.274 e. The van der Waals surface area contributed by atoms with Crippen LogP contribution in [-0.4, -0.2) is 47.1 Å². The summed E-state index contributed by atoms with van der Waals surface area (Å²) >= 11 is 0. The monoisotopic (exact) mass is 401 g/mol. The number of rotatable bonds is 6. The summed E-state index contributed by atoms with van der Waals surface area (Å²) in [5, 5.41) is 13.7. The summed E-state index contributed by atoms with van der Waals surface area (Å²) in [6.07, 6.45) is 0.279.